The van der Waals surface area contributed by atoms with Gasteiger partial charge in [-0.2, -0.15) is 5.10 Å². The molecule has 2 rings (SSSR count). The number of ether oxygens (including phenoxy) is 1. The van der Waals surface area contributed by atoms with Gasteiger partial charge in [0, 0.05) is 11.6 Å². The first-order valence-corrected chi connectivity index (χ1v) is 6.86. The number of para-hydroxylation sites is 1. The maximum absolute atomic E-state index is 11.0. The maximum Gasteiger partial charge on any atom is 0.133 e. The van der Waals surface area contributed by atoms with Gasteiger partial charge in [-0.1, -0.05) is 29.8 Å². The number of benzene rings is 1. The summed E-state index contributed by atoms with van der Waals surface area (Å²) < 4.78 is 7.07. The van der Waals surface area contributed by atoms with Gasteiger partial charge in [0.2, 0.25) is 0 Å². The molecular formula is C15H19ClN2O2. The fraction of sp³-hybridized carbons (Fsp3) is 0.400. The van der Waals surface area contributed by atoms with Crippen LogP contribution in [0.4, 0.5) is 0 Å². The Morgan fingerprint density at radius 1 is 1.35 bits per heavy atom. The topological polar surface area (TPSA) is 47.3 Å². The minimum absolute atomic E-state index is 0.0960. The molecule has 4 nitrogen and oxygen atoms in total. The number of rotatable bonds is 4. The first-order chi connectivity index (χ1) is 9.39. The van der Waals surface area contributed by atoms with Gasteiger partial charge in [0.15, 0.2) is 0 Å². The zero-order valence-electron chi connectivity index (χ0n) is 12.1. The number of aliphatic hydroxyl groups is 1. The molecule has 0 aliphatic rings. The third-order valence-corrected chi connectivity index (χ3v) is 3.61. The van der Waals surface area contributed by atoms with Crippen molar-refractivity contribution in [2.75, 3.05) is 7.11 Å². The van der Waals surface area contributed by atoms with Crippen LogP contribution >= 0.6 is 11.6 Å². The van der Waals surface area contributed by atoms with E-state index in [9.17, 15) is 5.11 Å². The van der Waals surface area contributed by atoms with Crippen LogP contribution in [-0.2, 0) is 5.60 Å². The SMILES string of the molecule is COc1ccccc1C(C)(O)c1c(Cl)cnn1C(C)C. The van der Waals surface area contributed by atoms with Crippen molar-refractivity contribution in [1.29, 1.82) is 0 Å². The van der Waals surface area contributed by atoms with Gasteiger partial charge in [0.1, 0.15) is 11.4 Å². The summed E-state index contributed by atoms with van der Waals surface area (Å²) in [6, 6.07) is 7.45. The van der Waals surface area contributed by atoms with Crippen LogP contribution in [0.1, 0.15) is 38.1 Å². The van der Waals surface area contributed by atoms with E-state index < -0.39 is 5.60 Å². The number of hydrogen-bond donors (Lipinski definition) is 1. The van der Waals surface area contributed by atoms with Gasteiger partial charge in [-0.15, -0.1) is 0 Å². The molecule has 0 aliphatic heterocycles. The van der Waals surface area contributed by atoms with Crippen molar-refractivity contribution in [3.8, 4) is 5.75 Å². The Hall–Kier alpha value is -1.52. The molecule has 0 aliphatic carbocycles. The van der Waals surface area contributed by atoms with Gasteiger partial charge < -0.3 is 9.84 Å². The Kier molecular flexibility index (Phi) is 4.06. The quantitative estimate of drug-likeness (QED) is 0.940. The molecule has 1 atom stereocenters. The lowest BCUT2D eigenvalue weighted by Crippen LogP contribution is -2.28. The van der Waals surface area contributed by atoms with Crippen molar-refractivity contribution in [2.24, 2.45) is 0 Å². The fourth-order valence-corrected chi connectivity index (χ4v) is 2.68. The number of aromatic nitrogens is 2. The molecule has 1 aromatic heterocycles. The molecule has 0 bridgehead atoms. The normalized spacial score (nSPS) is 14.3. The number of nitrogens with zero attached hydrogens (tertiary/aromatic N) is 2. The second-order valence-corrected chi connectivity index (χ2v) is 5.56. The van der Waals surface area contributed by atoms with E-state index >= 15 is 0 Å². The van der Waals surface area contributed by atoms with Crippen molar-refractivity contribution < 1.29 is 9.84 Å². The standard InChI is InChI=1S/C15H19ClN2O2/c1-10(2)18-14(12(16)9-17-18)15(3,19)11-7-5-6-8-13(11)20-4/h5-10,19H,1-4H3. The minimum atomic E-state index is -1.29. The van der Waals surface area contributed by atoms with Gasteiger partial charge in [-0.05, 0) is 26.8 Å². The van der Waals surface area contributed by atoms with Crippen LogP contribution in [0.5, 0.6) is 5.75 Å². The molecule has 1 heterocycles. The molecule has 1 N–H and O–H groups in total. The predicted octanol–water partition coefficient (Wildman–Crippen LogP) is 3.38. The van der Waals surface area contributed by atoms with E-state index in [-0.39, 0.29) is 6.04 Å². The molecule has 0 amide bonds. The van der Waals surface area contributed by atoms with Gasteiger partial charge in [-0.25, -0.2) is 0 Å². The highest BCUT2D eigenvalue weighted by molar-refractivity contribution is 6.31. The summed E-state index contributed by atoms with van der Waals surface area (Å²) in [7, 11) is 1.58. The highest BCUT2D eigenvalue weighted by Crippen LogP contribution is 2.39. The van der Waals surface area contributed by atoms with E-state index in [1.54, 1.807) is 24.9 Å². The van der Waals surface area contributed by atoms with Crippen LogP contribution in [-0.4, -0.2) is 22.0 Å². The zero-order chi connectivity index (χ0) is 14.9. The highest BCUT2D eigenvalue weighted by atomic mass is 35.5. The van der Waals surface area contributed by atoms with Gasteiger partial charge in [-0.3, -0.25) is 4.68 Å². The smallest absolute Gasteiger partial charge is 0.133 e. The van der Waals surface area contributed by atoms with Crippen molar-refractivity contribution in [3.63, 3.8) is 0 Å². The Labute approximate surface area is 123 Å². The van der Waals surface area contributed by atoms with E-state index in [1.807, 2.05) is 38.1 Å². The highest BCUT2D eigenvalue weighted by Gasteiger charge is 2.35. The van der Waals surface area contributed by atoms with Gasteiger partial charge in [0.05, 0.1) is 24.0 Å². The second-order valence-electron chi connectivity index (χ2n) is 5.15. The average Bonchev–Trinajstić information content (AvgIpc) is 2.81. The molecular weight excluding hydrogens is 276 g/mol. The lowest BCUT2D eigenvalue weighted by molar-refractivity contribution is 0.0871. The summed E-state index contributed by atoms with van der Waals surface area (Å²) >= 11 is 6.23. The lowest BCUT2D eigenvalue weighted by Gasteiger charge is -2.28. The molecule has 5 heteroatoms. The van der Waals surface area contributed by atoms with E-state index in [0.29, 0.717) is 22.0 Å². The van der Waals surface area contributed by atoms with Crippen molar-refractivity contribution in [3.05, 3.63) is 46.7 Å². The van der Waals surface area contributed by atoms with Crippen LogP contribution < -0.4 is 4.74 Å². The lowest BCUT2D eigenvalue weighted by atomic mass is 9.91. The number of hydrogen-bond acceptors (Lipinski definition) is 3. The molecule has 0 fully saturated rings. The second kappa shape index (κ2) is 5.46. The first kappa shape index (κ1) is 14.9. The van der Waals surface area contributed by atoms with Gasteiger partial charge >= 0.3 is 0 Å². The molecule has 1 unspecified atom stereocenters. The molecule has 0 saturated carbocycles. The summed E-state index contributed by atoms with van der Waals surface area (Å²) in [5.74, 6) is 0.616. The molecule has 0 spiro atoms. The van der Waals surface area contributed by atoms with Crippen molar-refractivity contribution >= 4 is 11.6 Å². The number of halogens is 1. The Bertz CT molecular complexity index is 606. The molecule has 20 heavy (non-hydrogen) atoms. The van der Waals surface area contributed by atoms with Crippen LogP contribution in [0.25, 0.3) is 0 Å². The Morgan fingerprint density at radius 3 is 2.60 bits per heavy atom. The van der Waals surface area contributed by atoms with Crippen LogP contribution in [0.3, 0.4) is 0 Å². The van der Waals surface area contributed by atoms with Crippen molar-refractivity contribution in [1.82, 2.24) is 9.78 Å². The number of methoxy groups -OCH3 is 1. The minimum Gasteiger partial charge on any atom is -0.496 e. The maximum atomic E-state index is 11.0. The van der Waals surface area contributed by atoms with E-state index in [2.05, 4.69) is 5.10 Å². The summed E-state index contributed by atoms with van der Waals surface area (Å²) in [4.78, 5) is 0. The third-order valence-electron chi connectivity index (χ3n) is 3.33. The van der Waals surface area contributed by atoms with E-state index in [1.165, 1.54) is 0 Å². The molecule has 0 saturated heterocycles. The van der Waals surface area contributed by atoms with E-state index in [0.717, 1.165) is 0 Å². The third kappa shape index (κ3) is 2.41. The van der Waals surface area contributed by atoms with Crippen LogP contribution in [0.15, 0.2) is 30.5 Å². The van der Waals surface area contributed by atoms with Crippen molar-refractivity contribution in [2.45, 2.75) is 32.4 Å². The molecule has 2 aromatic rings. The Balaban J connectivity index is 2.63. The summed E-state index contributed by atoms with van der Waals surface area (Å²) in [5, 5.41) is 15.7. The largest absolute Gasteiger partial charge is 0.496 e. The predicted molar refractivity (Wildman–Crippen MR) is 79.3 cm³/mol. The van der Waals surface area contributed by atoms with E-state index in [4.69, 9.17) is 16.3 Å². The summed E-state index contributed by atoms with van der Waals surface area (Å²) in [5.41, 5.74) is -0.0600. The summed E-state index contributed by atoms with van der Waals surface area (Å²) in [6.45, 7) is 5.68. The zero-order valence-corrected chi connectivity index (χ0v) is 12.8. The average molecular weight is 295 g/mol. The molecule has 108 valence electrons. The first-order valence-electron chi connectivity index (χ1n) is 6.49. The molecule has 1 aromatic carbocycles. The van der Waals surface area contributed by atoms with Crippen LogP contribution in [0, 0.1) is 0 Å². The van der Waals surface area contributed by atoms with Crippen LogP contribution in [0.2, 0.25) is 5.02 Å². The Morgan fingerprint density at radius 2 is 2.00 bits per heavy atom. The van der Waals surface area contributed by atoms with Gasteiger partial charge in [0.25, 0.3) is 0 Å². The fourth-order valence-electron chi connectivity index (χ4n) is 2.36. The monoisotopic (exact) mass is 294 g/mol. The molecule has 0 radical (unpaired) electrons. The summed E-state index contributed by atoms with van der Waals surface area (Å²) in [6.07, 6.45) is 1.56.